The fourth-order valence-corrected chi connectivity index (χ4v) is 2.60. The van der Waals surface area contributed by atoms with Gasteiger partial charge in [0.25, 0.3) is 0 Å². The second-order valence-corrected chi connectivity index (χ2v) is 8.75. The van der Waals surface area contributed by atoms with Crippen molar-refractivity contribution in [1.29, 1.82) is 0 Å². The molecular weight excluding hydrogens is 302 g/mol. The van der Waals surface area contributed by atoms with Crippen LogP contribution in [0.5, 0.6) is 0 Å². The van der Waals surface area contributed by atoms with E-state index in [-0.39, 0.29) is 5.92 Å². The molecule has 0 aliphatic rings. The standard InChI is InChI=1S/C22H38F2/c1-15(16(2)12-13-19(5)22(7,8)9)10-11-17(3)18(4)14-21(24)20(6)23/h14-17,19H,4,6,10-13H2,1-3,5,7-9H3/b21-14+. The van der Waals surface area contributed by atoms with E-state index in [1.807, 2.05) is 6.92 Å². The molecule has 0 saturated heterocycles. The Morgan fingerprint density at radius 2 is 1.33 bits per heavy atom. The number of hydrogen-bond donors (Lipinski definition) is 0. The fourth-order valence-electron chi connectivity index (χ4n) is 2.60. The fraction of sp³-hybridized carbons (Fsp3) is 0.727. The Balaban J connectivity index is 4.32. The van der Waals surface area contributed by atoms with Gasteiger partial charge in [-0.2, -0.15) is 0 Å². The molecule has 2 heteroatoms. The van der Waals surface area contributed by atoms with Gasteiger partial charge in [0.1, 0.15) is 0 Å². The van der Waals surface area contributed by atoms with Gasteiger partial charge in [0, 0.05) is 0 Å². The van der Waals surface area contributed by atoms with Gasteiger partial charge in [0.2, 0.25) is 0 Å². The van der Waals surface area contributed by atoms with Crippen molar-refractivity contribution in [3.8, 4) is 0 Å². The average Bonchev–Trinajstić information content (AvgIpc) is 2.47. The van der Waals surface area contributed by atoms with E-state index in [1.165, 1.54) is 18.9 Å². The lowest BCUT2D eigenvalue weighted by molar-refractivity contribution is 0.215. The van der Waals surface area contributed by atoms with Crippen LogP contribution in [0.1, 0.15) is 74.1 Å². The van der Waals surface area contributed by atoms with Crippen LogP contribution in [0.15, 0.2) is 36.5 Å². The van der Waals surface area contributed by atoms with Gasteiger partial charge in [-0.25, -0.2) is 8.78 Å². The summed E-state index contributed by atoms with van der Waals surface area (Å²) in [5, 5.41) is 0. The molecule has 0 radical (unpaired) electrons. The molecule has 0 fully saturated rings. The van der Waals surface area contributed by atoms with Crippen LogP contribution in [0.4, 0.5) is 8.78 Å². The Morgan fingerprint density at radius 3 is 1.75 bits per heavy atom. The van der Waals surface area contributed by atoms with Gasteiger partial charge in [0.15, 0.2) is 11.7 Å². The molecule has 0 rings (SSSR count). The van der Waals surface area contributed by atoms with Crippen LogP contribution in [-0.4, -0.2) is 0 Å². The highest BCUT2D eigenvalue weighted by Crippen LogP contribution is 2.33. The van der Waals surface area contributed by atoms with Gasteiger partial charge < -0.3 is 0 Å². The van der Waals surface area contributed by atoms with E-state index in [2.05, 4.69) is 54.7 Å². The zero-order chi connectivity index (χ0) is 19.1. The van der Waals surface area contributed by atoms with Gasteiger partial charge in [-0.1, -0.05) is 68.0 Å². The molecule has 140 valence electrons. The maximum atomic E-state index is 13.3. The summed E-state index contributed by atoms with van der Waals surface area (Å²) in [7, 11) is 0. The smallest absolute Gasteiger partial charge is 0.158 e. The second kappa shape index (κ2) is 10.2. The van der Waals surface area contributed by atoms with Crippen molar-refractivity contribution in [3.05, 3.63) is 36.5 Å². The summed E-state index contributed by atoms with van der Waals surface area (Å²) in [6.45, 7) is 22.7. The molecule has 0 heterocycles. The molecule has 24 heavy (non-hydrogen) atoms. The lowest BCUT2D eigenvalue weighted by Gasteiger charge is -2.29. The van der Waals surface area contributed by atoms with Gasteiger partial charge in [-0.3, -0.25) is 0 Å². The van der Waals surface area contributed by atoms with E-state index in [4.69, 9.17) is 0 Å². The number of rotatable bonds is 10. The van der Waals surface area contributed by atoms with Crippen LogP contribution in [0.3, 0.4) is 0 Å². The van der Waals surface area contributed by atoms with Crippen LogP contribution in [0.25, 0.3) is 0 Å². The topological polar surface area (TPSA) is 0 Å². The highest BCUT2D eigenvalue weighted by molar-refractivity contribution is 5.27. The van der Waals surface area contributed by atoms with Crippen molar-refractivity contribution in [2.45, 2.75) is 74.1 Å². The summed E-state index contributed by atoms with van der Waals surface area (Å²) in [6, 6.07) is 0. The summed E-state index contributed by atoms with van der Waals surface area (Å²) in [6.07, 6.45) is 5.69. The summed E-state index contributed by atoms with van der Waals surface area (Å²) >= 11 is 0. The molecule has 0 aliphatic heterocycles. The van der Waals surface area contributed by atoms with Gasteiger partial charge >= 0.3 is 0 Å². The highest BCUT2D eigenvalue weighted by atomic mass is 19.2. The molecule has 0 aliphatic carbocycles. The average molecular weight is 341 g/mol. The first-order chi connectivity index (χ1) is 10.9. The lowest BCUT2D eigenvalue weighted by Crippen LogP contribution is -2.19. The summed E-state index contributed by atoms with van der Waals surface area (Å²) in [5.41, 5.74) is 0.999. The van der Waals surface area contributed by atoms with Gasteiger partial charge in [-0.15, -0.1) is 0 Å². The Bertz CT molecular complexity index is 439. The zero-order valence-electron chi connectivity index (χ0n) is 16.9. The van der Waals surface area contributed by atoms with Gasteiger partial charge in [0.05, 0.1) is 0 Å². The number of halogens is 2. The van der Waals surface area contributed by atoms with Crippen LogP contribution in [0, 0.1) is 29.1 Å². The monoisotopic (exact) mass is 340 g/mol. The molecule has 0 aromatic heterocycles. The first kappa shape index (κ1) is 23.1. The first-order valence-electron chi connectivity index (χ1n) is 9.27. The third-order valence-electron chi connectivity index (χ3n) is 5.76. The first-order valence-corrected chi connectivity index (χ1v) is 9.27. The Hall–Kier alpha value is -0.920. The maximum Gasteiger partial charge on any atom is 0.158 e. The van der Waals surface area contributed by atoms with E-state index in [0.29, 0.717) is 28.7 Å². The van der Waals surface area contributed by atoms with Crippen molar-refractivity contribution >= 4 is 0 Å². The molecule has 4 atom stereocenters. The molecule has 0 aromatic rings. The zero-order valence-corrected chi connectivity index (χ0v) is 16.9. The van der Waals surface area contributed by atoms with Crippen LogP contribution in [-0.2, 0) is 0 Å². The minimum absolute atomic E-state index is 0.151. The molecule has 0 spiro atoms. The minimum Gasteiger partial charge on any atom is -0.204 e. The molecule has 4 unspecified atom stereocenters. The van der Waals surface area contributed by atoms with Crippen LogP contribution >= 0.6 is 0 Å². The van der Waals surface area contributed by atoms with Crippen molar-refractivity contribution in [3.63, 3.8) is 0 Å². The van der Waals surface area contributed by atoms with Crippen molar-refractivity contribution in [2.24, 2.45) is 29.1 Å². The molecule has 0 N–H and O–H groups in total. The third kappa shape index (κ3) is 8.80. The van der Waals surface area contributed by atoms with E-state index < -0.39 is 11.7 Å². The lowest BCUT2D eigenvalue weighted by atomic mass is 9.76. The van der Waals surface area contributed by atoms with Crippen LogP contribution in [0.2, 0.25) is 0 Å². The summed E-state index contributed by atoms with van der Waals surface area (Å²) in [5.74, 6) is 0.222. The number of allylic oxidation sites excluding steroid dienone is 4. The molecule has 0 saturated carbocycles. The summed E-state index contributed by atoms with van der Waals surface area (Å²) < 4.78 is 26.0. The largest absolute Gasteiger partial charge is 0.204 e. The molecule has 0 aromatic carbocycles. The van der Waals surface area contributed by atoms with Crippen LogP contribution < -0.4 is 0 Å². The molecule has 0 bridgehead atoms. The van der Waals surface area contributed by atoms with Crippen molar-refractivity contribution in [1.82, 2.24) is 0 Å². The Kier molecular flexibility index (Phi) is 9.77. The van der Waals surface area contributed by atoms with E-state index in [1.54, 1.807) is 0 Å². The highest BCUT2D eigenvalue weighted by Gasteiger charge is 2.22. The normalized spacial score (nSPS) is 18.0. The third-order valence-corrected chi connectivity index (χ3v) is 5.76. The van der Waals surface area contributed by atoms with Crippen molar-refractivity contribution < 1.29 is 8.78 Å². The van der Waals surface area contributed by atoms with E-state index in [9.17, 15) is 8.78 Å². The second-order valence-electron chi connectivity index (χ2n) is 8.75. The Morgan fingerprint density at radius 1 is 0.875 bits per heavy atom. The maximum absolute atomic E-state index is 13.3. The minimum atomic E-state index is -1.03. The predicted molar refractivity (Wildman–Crippen MR) is 103 cm³/mol. The van der Waals surface area contributed by atoms with E-state index >= 15 is 0 Å². The molecule has 0 nitrogen and oxygen atoms in total. The Labute approximate surface area is 149 Å². The molecule has 0 amide bonds. The predicted octanol–water partition coefficient (Wildman–Crippen LogP) is 8.03. The quantitative estimate of drug-likeness (QED) is 0.353. The van der Waals surface area contributed by atoms with E-state index in [0.717, 1.165) is 12.8 Å². The summed E-state index contributed by atoms with van der Waals surface area (Å²) in [4.78, 5) is 0. The number of hydrogen-bond acceptors (Lipinski definition) is 0. The molecular formula is C22H38F2. The van der Waals surface area contributed by atoms with Crippen molar-refractivity contribution in [2.75, 3.05) is 0 Å². The SMILES string of the molecule is C=C(F)/C(F)=C\C(=C)C(C)CCC(C)C(C)CCC(C)C(C)(C)C. The van der Waals surface area contributed by atoms with Gasteiger partial charge in [-0.05, 0) is 60.0 Å².